The Morgan fingerprint density at radius 3 is 2.25 bits per heavy atom. The van der Waals surface area contributed by atoms with E-state index in [1.807, 2.05) is 0 Å². The third-order valence-electron chi connectivity index (χ3n) is 1.06. The first-order valence-electron chi connectivity index (χ1n) is 2.49. The number of halogens is 1. The van der Waals surface area contributed by atoms with Crippen molar-refractivity contribution in [2.24, 2.45) is 0 Å². The molecule has 0 aromatic heterocycles. The third-order valence-corrected chi connectivity index (χ3v) is 1.06. The first-order chi connectivity index (χ1) is 3.29. The molecule has 1 aliphatic rings. The summed E-state index contributed by atoms with van der Waals surface area (Å²) in [7, 11) is 2.10. The lowest BCUT2D eigenvalue weighted by atomic mass is 10.4. The van der Waals surface area contributed by atoms with Gasteiger partial charge in [0.2, 0.25) is 0 Å². The molecule has 1 unspecified atom stereocenters. The molecule has 0 aliphatic carbocycles. The standard InChI is InChI=1S/C6H9N.HI/c1-6-3-4-7(2)5-6;/h3-5H,1-2H3;1H. The summed E-state index contributed by atoms with van der Waals surface area (Å²) in [5, 5.41) is 0. The Morgan fingerprint density at radius 1 is 1.50 bits per heavy atom. The van der Waals surface area contributed by atoms with Crippen molar-refractivity contribution in [1.29, 1.82) is 0 Å². The Balaban J connectivity index is 0.000000490. The number of quaternary nitrogens is 1. The quantitative estimate of drug-likeness (QED) is 0.416. The van der Waals surface area contributed by atoms with Crippen LogP contribution in [-0.4, -0.2) is 7.05 Å². The van der Waals surface area contributed by atoms with E-state index in [1.165, 1.54) is 10.5 Å². The highest BCUT2D eigenvalue weighted by Gasteiger charge is 1.98. The fourth-order valence-electron chi connectivity index (χ4n) is 0.718. The van der Waals surface area contributed by atoms with Crippen molar-refractivity contribution in [3.8, 4) is 0 Å². The van der Waals surface area contributed by atoms with Crippen molar-refractivity contribution >= 4 is 0 Å². The Hall–Kier alpha value is 0.170. The minimum atomic E-state index is 0. The van der Waals surface area contributed by atoms with Crippen LogP contribution >= 0.6 is 0 Å². The summed E-state index contributed by atoms with van der Waals surface area (Å²) in [4.78, 5) is 1.36. The first-order valence-corrected chi connectivity index (χ1v) is 2.49. The van der Waals surface area contributed by atoms with Gasteiger partial charge in [-0.25, -0.2) is 0 Å². The predicted octanol–water partition coefficient (Wildman–Crippen LogP) is -3.06. The predicted molar refractivity (Wildman–Crippen MR) is 29.8 cm³/mol. The van der Waals surface area contributed by atoms with Crippen LogP contribution in [0.5, 0.6) is 0 Å². The molecule has 0 saturated heterocycles. The van der Waals surface area contributed by atoms with E-state index >= 15 is 0 Å². The number of hydrogen-bond donors (Lipinski definition) is 1. The number of hydrogen-bond acceptors (Lipinski definition) is 0. The highest BCUT2D eigenvalue weighted by atomic mass is 127. The van der Waals surface area contributed by atoms with E-state index in [-0.39, 0.29) is 24.0 Å². The molecular formula is C6H10IN. The van der Waals surface area contributed by atoms with Crippen LogP contribution in [0.25, 0.3) is 0 Å². The van der Waals surface area contributed by atoms with E-state index in [0.29, 0.717) is 0 Å². The van der Waals surface area contributed by atoms with Gasteiger partial charge in [0.05, 0.1) is 13.2 Å². The zero-order chi connectivity index (χ0) is 5.28. The van der Waals surface area contributed by atoms with Crippen LogP contribution in [-0.2, 0) is 0 Å². The van der Waals surface area contributed by atoms with E-state index in [2.05, 4.69) is 32.4 Å². The van der Waals surface area contributed by atoms with Gasteiger partial charge < -0.3 is 24.0 Å². The third kappa shape index (κ3) is 1.96. The maximum absolute atomic E-state index is 2.17. The smallest absolute Gasteiger partial charge is 0.102 e. The fraction of sp³-hybridized carbons (Fsp3) is 0.333. The van der Waals surface area contributed by atoms with Crippen molar-refractivity contribution in [2.45, 2.75) is 6.92 Å². The van der Waals surface area contributed by atoms with Gasteiger partial charge in [0, 0.05) is 5.57 Å². The summed E-state index contributed by atoms with van der Waals surface area (Å²) in [5.74, 6) is 0. The summed E-state index contributed by atoms with van der Waals surface area (Å²) in [5.41, 5.74) is 1.36. The van der Waals surface area contributed by atoms with Gasteiger partial charge in [-0.15, -0.1) is 0 Å². The Bertz CT molecular complexity index is 126. The molecule has 0 saturated carbocycles. The second-order valence-electron chi connectivity index (χ2n) is 1.97. The maximum Gasteiger partial charge on any atom is 0.102 e. The van der Waals surface area contributed by atoms with E-state index in [9.17, 15) is 0 Å². The summed E-state index contributed by atoms with van der Waals surface area (Å²) in [6.45, 7) is 2.10. The van der Waals surface area contributed by atoms with E-state index in [1.54, 1.807) is 0 Å². The van der Waals surface area contributed by atoms with Crippen molar-refractivity contribution in [1.82, 2.24) is 0 Å². The van der Waals surface area contributed by atoms with Gasteiger partial charge in [-0.05, 0) is 13.0 Å². The molecule has 0 aromatic rings. The molecule has 1 atom stereocenters. The lowest BCUT2D eigenvalue weighted by molar-refractivity contribution is -0.763. The van der Waals surface area contributed by atoms with Crippen molar-refractivity contribution in [2.75, 3.05) is 7.05 Å². The Labute approximate surface area is 67.1 Å². The molecule has 8 heavy (non-hydrogen) atoms. The van der Waals surface area contributed by atoms with Crippen LogP contribution in [0, 0.1) is 0 Å². The molecule has 46 valence electrons. The second-order valence-corrected chi connectivity index (χ2v) is 1.97. The maximum atomic E-state index is 2.17. The lowest BCUT2D eigenvalue weighted by Crippen LogP contribution is -3.00. The molecule has 0 radical (unpaired) electrons. The summed E-state index contributed by atoms with van der Waals surface area (Å²) in [6, 6.07) is 0. The molecule has 0 amide bonds. The number of allylic oxidation sites excluding steroid dienone is 2. The highest BCUT2D eigenvalue weighted by molar-refractivity contribution is 5.14. The molecule has 1 rings (SSSR count). The Morgan fingerprint density at radius 2 is 2.12 bits per heavy atom. The van der Waals surface area contributed by atoms with E-state index in [4.69, 9.17) is 0 Å². The summed E-state index contributed by atoms with van der Waals surface area (Å²) >= 11 is 0. The highest BCUT2D eigenvalue weighted by Crippen LogP contribution is 1.91. The van der Waals surface area contributed by atoms with Crippen molar-refractivity contribution < 1.29 is 28.9 Å². The van der Waals surface area contributed by atoms with Gasteiger partial charge in [-0.1, -0.05) is 0 Å². The molecule has 0 bridgehead atoms. The minimum absolute atomic E-state index is 0. The van der Waals surface area contributed by atoms with Crippen LogP contribution in [0.15, 0.2) is 24.0 Å². The number of rotatable bonds is 0. The molecule has 2 heteroatoms. The summed E-state index contributed by atoms with van der Waals surface area (Å²) < 4.78 is 0. The van der Waals surface area contributed by atoms with Crippen molar-refractivity contribution in [3.63, 3.8) is 0 Å². The normalized spacial score (nSPS) is 24.8. The molecule has 1 nitrogen and oxygen atoms in total. The fourth-order valence-corrected chi connectivity index (χ4v) is 0.718. The lowest BCUT2D eigenvalue weighted by Gasteiger charge is -1.90. The van der Waals surface area contributed by atoms with Crippen molar-refractivity contribution in [3.05, 3.63) is 24.0 Å². The molecule has 0 aromatic carbocycles. The van der Waals surface area contributed by atoms with Gasteiger partial charge in [0.15, 0.2) is 0 Å². The molecule has 0 fully saturated rings. The summed E-state index contributed by atoms with van der Waals surface area (Å²) in [6.07, 6.45) is 6.41. The van der Waals surface area contributed by atoms with Crippen LogP contribution in [0.3, 0.4) is 0 Å². The molecule has 1 N–H and O–H groups in total. The Kier molecular flexibility index (Phi) is 3.31. The zero-order valence-corrected chi connectivity index (χ0v) is 7.27. The van der Waals surface area contributed by atoms with Crippen LogP contribution < -0.4 is 28.9 Å². The molecule has 1 heterocycles. The van der Waals surface area contributed by atoms with Gasteiger partial charge in [-0.3, -0.25) is 4.90 Å². The van der Waals surface area contributed by atoms with Gasteiger partial charge >= 0.3 is 0 Å². The molecule has 1 aliphatic heterocycles. The average Bonchev–Trinajstić information content (AvgIpc) is 1.87. The van der Waals surface area contributed by atoms with Crippen LogP contribution in [0.1, 0.15) is 6.92 Å². The molecular weight excluding hydrogens is 213 g/mol. The second kappa shape index (κ2) is 3.25. The van der Waals surface area contributed by atoms with Gasteiger partial charge in [-0.2, -0.15) is 0 Å². The van der Waals surface area contributed by atoms with Gasteiger partial charge in [0.25, 0.3) is 0 Å². The number of nitrogens with one attached hydrogen (secondary N) is 1. The SMILES string of the molecule is CC1=C[NH+](C)C=C1.[I-]. The topological polar surface area (TPSA) is 4.44 Å². The van der Waals surface area contributed by atoms with Crippen LogP contribution in [0.4, 0.5) is 0 Å². The van der Waals surface area contributed by atoms with E-state index in [0.717, 1.165) is 0 Å². The zero-order valence-electron chi connectivity index (χ0n) is 5.11. The monoisotopic (exact) mass is 223 g/mol. The molecule has 0 spiro atoms. The average molecular weight is 223 g/mol. The van der Waals surface area contributed by atoms with Gasteiger partial charge in [0.1, 0.15) is 6.20 Å². The van der Waals surface area contributed by atoms with Crippen LogP contribution in [0.2, 0.25) is 0 Å². The first kappa shape index (κ1) is 8.17. The van der Waals surface area contributed by atoms with E-state index < -0.39 is 0 Å². The largest absolute Gasteiger partial charge is 1.00 e. The minimum Gasteiger partial charge on any atom is -1.00 e.